The second kappa shape index (κ2) is 6.67. The maximum absolute atomic E-state index is 13.8. The average Bonchev–Trinajstić information content (AvgIpc) is 3.17. The minimum absolute atomic E-state index is 0.0302. The lowest BCUT2D eigenvalue weighted by molar-refractivity contribution is 0.0521. The molecule has 0 fully saturated rings. The summed E-state index contributed by atoms with van der Waals surface area (Å²) >= 11 is 3.48. The van der Waals surface area contributed by atoms with Crippen LogP contribution in [0.25, 0.3) is 0 Å². The maximum Gasteiger partial charge on any atom is 0.200 e. The Morgan fingerprint density at radius 1 is 0.893 bits per heavy atom. The highest BCUT2D eigenvalue weighted by atomic mass is 79.9. The van der Waals surface area contributed by atoms with Gasteiger partial charge in [0.1, 0.15) is 5.75 Å². The molecule has 5 rings (SSSR count). The molecule has 3 aromatic carbocycles. The van der Waals surface area contributed by atoms with Gasteiger partial charge in [-0.1, -0.05) is 70.5 Å². The molecule has 0 amide bonds. The number of azo groups is 1. The van der Waals surface area contributed by atoms with Gasteiger partial charge in [0.15, 0.2) is 11.6 Å². The Hall–Kier alpha value is -2.79. The van der Waals surface area contributed by atoms with Crippen molar-refractivity contribution < 1.29 is 9.53 Å². The van der Waals surface area contributed by atoms with E-state index in [-0.39, 0.29) is 11.7 Å². The number of fused-ring (bicyclic) bond motifs is 1. The molecule has 2 aliphatic rings. The molecule has 0 radical (unpaired) electrons. The van der Waals surface area contributed by atoms with E-state index in [4.69, 9.17) is 4.74 Å². The number of ketones is 1. The standard InChI is InChI=1S/C23H17BrN2O2/c24-17-12-10-15(11-13-17)19-14-25-26-23(19)21(27)18-8-4-5-9-20(18)28-22(23)16-6-2-1-3-7-16/h1-13,19,22H,14H2/t19-,22-,23-/m1/s1. The second-order valence-electron chi connectivity index (χ2n) is 7.09. The third kappa shape index (κ3) is 2.53. The molecule has 0 aliphatic carbocycles. The summed E-state index contributed by atoms with van der Waals surface area (Å²) in [6, 6.07) is 25.3. The van der Waals surface area contributed by atoms with Crippen LogP contribution in [0.1, 0.15) is 33.5 Å². The molecule has 2 heterocycles. The molecule has 3 aromatic rings. The van der Waals surface area contributed by atoms with E-state index in [1.165, 1.54) is 0 Å². The van der Waals surface area contributed by atoms with Gasteiger partial charge in [-0.25, -0.2) is 0 Å². The maximum atomic E-state index is 13.8. The van der Waals surface area contributed by atoms with Crippen molar-refractivity contribution in [2.75, 3.05) is 6.54 Å². The lowest BCUT2D eigenvalue weighted by Gasteiger charge is -2.41. The van der Waals surface area contributed by atoms with Gasteiger partial charge in [-0.3, -0.25) is 4.79 Å². The Kier molecular flexibility index (Phi) is 4.13. The summed E-state index contributed by atoms with van der Waals surface area (Å²) in [4.78, 5) is 13.8. The zero-order valence-corrected chi connectivity index (χ0v) is 16.5. The number of rotatable bonds is 2. The summed E-state index contributed by atoms with van der Waals surface area (Å²) in [7, 11) is 0. The Morgan fingerprint density at radius 3 is 2.39 bits per heavy atom. The first kappa shape index (κ1) is 17.3. The number of hydrogen-bond acceptors (Lipinski definition) is 4. The summed E-state index contributed by atoms with van der Waals surface area (Å²) in [6.45, 7) is 0.461. The van der Waals surface area contributed by atoms with Crippen LogP contribution < -0.4 is 4.74 Å². The largest absolute Gasteiger partial charge is 0.482 e. The van der Waals surface area contributed by atoms with Crippen molar-refractivity contribution in [1.29, 1.82) is 0 Å². The minimum atomic E-state index is -1.11. The summed E-state index contributed by atoms with van der Waals surface area (Å²) in [5, 5.41) is 8.94. The lowest BCUT2D eigenvalue weighted by Crippen LogP contribution is -2.51. The van der Waals surface area contributed by atoms with Gasteiger partial charge >= 0.3 is 0 Å². The fraction of sp³-hybridized carbons (Fsp3) is 0.174. The number of carbonyl (C=O) groups excluding carboxylic acids is 1. The molecule has 3 atom stereocenters. The van der Waals surface area contributed by atoms with Crippen molar-refractivity contribution in [3.05, 3.63) is 100 Å². The molecular weight excluding hydrogens is 416 g/mol. The number of benzene rings is 3. The minimum Gasteiger partial charge on any atom is -0.482 e. The summed E-state index contributed by atoms with van der Waals surface area (Å²) in [5.41, 5.74) is 1.42. The predicted molar refractivity (Wildman–Crippen MR) is 110 cm³/mol. The SMILES string of the molecule is O=C1c2ccccc2O[C@H](c2ccccc2)[C@]12N=NC[C@@H]2c1ccc(Br)cc1. The van der Waals surface area contributed by atoms with Crippen molar-refractivity contribution in [3.63, 3.8) is 0 Å². The van der Waals surface area contributed by atoms with Crippen LogP contribution in [0.3, 0.4) is 0 Å². The van der Waals surface area contributed by atoms with Crippen LogP contribution in [0.5, 0.6) is 5.75 Å². The molecule has 0 bridgehead atoms. The van der Waals surface area contributed by atoms with Crippen molar-refractivity contribution in [3.8, 4) is 5.75 Å². The topological polar surface area (TPSA) is 51.0 Å². The number of Topliss-reactive ketones (excluding diaryl/α,β-unsaturated/α-hetero) is 1. The van der Waals surface area contributed by atoms with Gasteiger partial charge in [0.05, 0.1) is 12.1 Å². The molecule has 0 aromatic heterocycles. The highest BCUT2D eigenvalue weighted by Gasteiger charge is 2.60. The first-order valence-corrected chi connectivity index (χ1v) is 9.99. The van der Waals surface area contributed by atoms with Crippen LogP contribution in [-0.2, 0) is 0 Å². The van der Waals surface area contributed by atoms with E-state index >= 15 is 0 Å². The van der Waals surface area contributed by atoms with Crippen molar-refractivity contribution in [2.45, 2.75) is 17.6 Å². The molecule has 0 saturated carbocycles. The number of nitrogens with zero attached hydrogens (tertiary/aromatic N) is 2. The molecule has 0 N–H and O–H groups in total. The van der Waals surface area contributed by atoms with E-state index in [9.17, 15) is 4.79 Å². The van der Waals surface area contributed by atoms with E-state index in [1.807, 2.05) is 78.9 Å². The third-order valence-corrected chi connectivity index (χ3v) is 6.07. The fourth-order valence-corrected chi connectivity index (χ4v) is 4.46. The zero-order chi connectivity index (χ0) is 19.1. The quantitative estimate of drug-likeness (QED) is 0.517. The van der Waals surface area contributed by atoms with Crippen molar-refractivity contribution >= 4 is 21.7 Å². The van der Waals surface area contributed by atoms with Gasteiger partial charge in [-0.15, -0.1) is 0 Å². The van der Waals surface area contributed by atoms with Crippen molar-refractivity contribution in [2.24, 2.45) is 10.2 Å². The first-order valence-electron chi connectivity index (χ1n) is 9.20. The molecule has 28 heavy (non-hydrogen) atoms. The molecule has 0 unspecified atom stereocenters. The zero-order valence-electron chi connectivity index (χ0n) is 15.0. The Morgan fingerprint density at radius 2 is 1.61 bits per heavy atom. The molecule has 2 aliphatic heterocycles. The molecule has 1 spiro atoms. The predicted octanol–water partition coefficient (Wildman–Crippen LogP) is 5.75. The molecule has 4 nitrogen and oxygen atoms in total. The molecule has 138 valence electrons. The number of hydrogen-bond donors (Lipinski definition) is 0. The van der Waals surface area contributed by atoms with Crippen LogP contribution >= 0.6 is 15.9 Å². The normalized spacial score (nSPS) is 25.5. The molecule has 0 saturated heterocycles. The highest BCUT2D eigenvalue weighted by molar-refractivity contribution is 9.10. The highest BCUT2D eigenvalue weighted by Crippen LogP contribution is 2.52. The van der Waals surface area contributed by atoms with Crippen LogP contribution in [0.15, 0.2) is 93.6 Å². The number of halogens is 1. The smallest absolute Gasteiger partial charge is 0.200 e. The van der Waals surface area contributed by atoms with Crippen LogP contribution in [-0.4, -0.2) is 17.9 Å². The second-order valence-corrected chi connectivity index (χ2v) is 8.00. The van der Waals surface area contributed by atoms with Crippen LogP contribution in [0.4, 0.5) is 0 Å². The molecular formula is C23H17BrN2O2. The van der Waals surface area contributed by atoms with E-state index in [0.29, 0.717) is 17.9 Å². The Balaban J connectivity index is 1.72. The van der Waals surface area contributed by atoms with E-state index in [0.717, 1.165) is 15.6 Å². The van der Waals surface area contributed by atoms with Crippen LogP contribution in [0, 0.1) is 0 Å². The van der Waals surface area contributed by atoms with Gasteiger partial charge in [0.25, 0.3) is 0 Å². The summed E-state index contributed by atoms with van der Waals surface area (Å²) < 4.78 is 7.41. The summed E-state index contributed by atoms with van der Waals surface area (Å²) in [6.07, 6.45) is -0.531. The van der Waals surface area contributed by atoms with E-state index < -0.39 is 11.6 Å². The van der Waals surface area contributed by atoms with Crippen LogP contribution in [0.2, 0.25) is 0 Å². The average molecular weight is 433 g/mol. The number of para-hydroxylation sites is 1. The number of carbonyl (C=O) groups is 1. The molecule has 5 heteroatoms. The first-order chi connectivity index (χ1) is 13.7. The number of ether oxygens (including phenoxy) is 1. The van der Waals surface area contributed by atoms with Gasteiger partial charge in [0.2, 0.25) is 5.78 Å². The lowest BCUT2D eigenvalue weighted by atomic mass is 9.69. The Labute approximate surface area is 171 Å². The third-order valence-electron chi connectivity index (χ3n) is 5.55. The summed E-state index contributed by atoms with van der Waals surface area (Å²) in [5.74, 6) is 0.382. The van der Waals surface area contributed by atoms with Gasteiger partial charge in [-0.2, -0.15) is 10.2 Å². The Bertz CT molecular complexity index is 1070. The van der Waals surface area contributed by atoms with E-state index in [1.54, 1.807) is 0 Å². The van der Waals surface area contributed by atoms with Gasteiger partial charge in [0, 0.05) is 10.4 Å². The van der Waals surface area contributed by atoms with Gasteiger partial charge < -0.3 is 4.74 Å². The van der Waals surface area contributed by atoms with Gasteiger partial charge in [-0.05, 0) is 35.4 Å². The monoisotopic (exact) mass is 432 g/mol. The fourth-order valence-electron chi connectivity index (χ4n) is 4.20. The van der Waals surface area contributed by atoms with Crippen molar-refractivity contribution in [1.82, 2.24) is 0 Å². The van der Waals surface area contributed by atoms with E-state index in [2.05, 4.69) is 26.2 Å².